The summed E-state index contributed by atoms with van der Waals surface area (Å²) >= 11 is 0. The standard InChI is InChI=1S/C21H24N2O4/c1-14-10-15(2)12-17(11-14)23-19(24)13-27-20(25)8-9-22-21(26)18-7-5-4-6-16(18)3/h4-7,10-12H,8-9,13H2,1-3H3,(H,22,26)(H,23,24). The first-order valence-electron chi connectivity index (χ1n) is 8.73. The first-order chi connectivity index (χ1) is 12.8. The molecule has 0 aliphatic rings. The van der Waals surface area contributed by atoms with Gasteiger partial charge in [-0.1, -0.05) is 24.3 Å². The molecule has 0 heterocycles. The highest BCUT2D eigenvalue weighted by Gasteiger charge is 2.11. The molecule has 2 aromatic carbocycles. The minimum absolute atomic E-state index is 0.00550. The smallest absolute Gasteiger partial charge is 0.308 e. The van der Waals surface area contributed by atoms with Gasteiger partial charge in [0.05, 0.1) is 6.42 Å². The average Bonchev–Trinajstić information content (AvgIpc) is 2.59. The number of carbonyl (C=O) groups is 3. The molecule has 6 nitrogen and oxygen atoms in total. The Kier molecular flexibility index (Phi) is 7.11. The van der Waals surface area contributed by atoms with Gasteiger partial charge in [0.25, 0.3) is 11.8 Å². The molecule has 0 atom stereocenters. The van der Waals surface area contributed by atoms with Gasteiger partial charge >= 0.3 is 5.97 Å². The third kappa shape index (κ3) is 6.58. The van der Waals surface area contributed by atoms with Crippen molar-refractivity contribution in [1.29, 1.82) is 0 Å². The summed E-state index contributed by atoms with van der Waals surface area (Å²) in [6.45, 7) is 5.50. The number of ether oxygens (including phenoxy) is 1. The SMILES string of the molecule is Cc1cc(C)cc(NC(=O)COC(=O)CCNC(=O)c2ccccc2C)c1. The van der Waals surface area contributed by atoms with Crippen LogP contribution in [0.15, 0.2) is 42.5 Å². The van der Waals surface area contributed by atoms with Gasteiger partial charge in [-0.2, -0.15) is 0 Å². The lowest BCUT2D eigenvalue weighted by Gasteiger charge is -2.09. The normalized spacial score (nSPS) is 10.2. The fourth-order valence-corrected chi connectivity index (χ4v) is 2.66. The molecule has 0 fully saturated rings. The largest absolute Gasteiger partial charge is 0.456 e. The molecular weight excluding hydrogens is 344 g/mol. The van der Waals surface area contributed by atoms with Crippen molar-refractivity contribution in [2.24, 2.45) is 0 Å². The summed E-state index contributed by atoms with van der Waals surface area (Å²) in [5.41, 5.74) is 4.16. The molecule has 2 N–H and O–H groups in total. The lowest BCUT2D eigenvalue weighted by atomic mass is 10.1. The fraction of sp³-hybridized carbons (Fsp3) is 0.286. The van der Waals surface area contributed by atoms with Crippen LogP contribution in [0.2, 0.25) is 0 Å². The number of nitrogens with one attached hydrogen (secondary N) is 2. The van der Waals surface area contributed by atoms with Crippen molar-refractivity contribution in [3.05, 3.63) is 64.7 Å². The van der Waals surface area contributed by atoms with Crippen LogP contribution >= 0.6 is 0 Å². The summed E-state index contributed by atoms with van der Waals surface area (Å²) in [6.07, 6.45) is -0.00550. The molecule has 2 rings (SSSR count). The van der Waals surface area contributed by atoms with Gasteiger partial charge in [-0.25, -0.2) is 0 Å². The molecule has 0 saturated carbocycles. The van der Waals surface area contributed by atoms with Crippen LogP contribution in [0.25, 0.3) is 0 Å². The van der Waals surface area contributed by atoms with Crippen LogP contribution in [0.5, 0.6) is 0 Å². The quantitative estimate of drug-likeness (QED) is 0.736. The predicted molar refractivity (Wildman–Crippen MR) is 104 cm³/mol. The zero-order valence-corrected chi connectivity index (χ0v) is 15.8. The van der Waals surface area contributed by atoms with Crippen LogP contribution in [-0.4, -0.2) is 30.9 Å². The van der Waals surface area contributed by atoms with Gasteiger partial charge in [-0.05, 0) is 55.7 Å². The number of rotatable bonds is 7. The molecule has 2 aromatic rings. The Morgan fingerprint density at radius 2 is 1.63 bits per heavy atom. The van der Waals surface area contributed by atoms with Crippen molar-refractivity contribution >= 4 is 23.5 Å². The first kappa shape index (κ1) is 20.2. The van der Waals surface area contributed by atoms with E-state index in [0.29, 0.717) is 11.3 Å². The molecule has 0 aliphatic heterocycles. The number of hydrogen-bond donors (Lipinski definition) is 2. The molecule has 0 spiro atoms. The average molecular weight is 368 g/mol. The van der Waals surface area contributed by atoms with E-state index in [0.717, 1.165) is 16.7 Å². The lowest BCUT2D eigenvalue weighted by molar-refractivity contribution is -0.147. The molecule has 27 heavy (non-hydrogen) atoms. The Hall–Kier alpha value is -3.15. The lowest BCUT2D eigenvalue weighted by Crippen LogP contribution is -2.28. The van der Waals surface area contributed by atoms with Crippen LogP contribution in [0, 0.1) is 20.8 Å². The topological polar surface area (TPSA) is 84.5 Å². The van der Waals surface area contributed by atoms with Crippen molar-refractivity contribution in [1.82, 2.24) is 5.32 Å². The summed E-state index contributed by atoms with van der Waals surface area (Å²) in [4.78, 5) is 35.7. The number of carbonyl (C=O) groups excluding carboxylic acids is 3. The first-order valence-corrected chi connectivity index (χ1v) is 8.73. The monoisotopic (exact) mass is 368 g/mol. The van der Waals surface area contributed by atoms with E-state index < -0.39 is 11.9 Å². The number of anilines is 1. The third-order valence-corrected chi connectivity index (χ3v) is 3.87. The predicted octanol–water partition coefficient (Wildman–Crippen LogP) is 2.91. The summed E-state index contributed by atoms with van der Waals surface area (Å²) in [5.74, 6) is -1.19. The second-order valence-electron chi connectivity index (χ2n) is 6.41. The molecule has 0 radical (unpaired) electrons. The summed E-state index contributed by atoms with van der Waals surface area (Å²) in [7, 11) is 0. The van der Waals surface area contributed by atoms with E-state index in [1.165, 1.54) is 0 Å². The van der Waals surface area contributed by atoms with Crippen molar-refractivity contribution in [3.63, 3.8) is 0 Å². The number of amides is 2. The zero-order chi connectivity index (χ0) is 19.8. The highest BCUT2D eigenvalue weighted by Crippen LogP contribution is 2.13. The summed E-state index contributed by atoms with van der Waals surface area (Å²) in [6, 6.07) is 12.9. The van der Waals surface area contributed by atoms with Crippen molar-refractivity contribution in [3.8, 4) is 0 Å². The van der Waals surface area contributed by atoms with Crippen LogP contribution in [0.3, 0.4) is 0 Å². The Bertz CT molecular complexity index is 826. The van der Waals surface area contributed by atoms with E-state index in [1.807, 2.05) is 51.1 Å². The number of aryl methyl sites for hydroxylation is 3. The van der Waals surface area contributed by atoms with Gasteiger partial charge in [-0.15, -0.1) is 0 Å². The maximum atomic E-state index is 12.0. The van der Waals surface area contributed by atoms with E-state index in [2.05, 4.69) is 10.6 Å². The molecular formula is C21H24N2O4. The van der Waals surface area contributed by atoms with Crippen molar-refractivity contribution in [2.45, 2.75) is 27.2 Å². The highest BCUT2D eigenvalue weighted by molar-refractivity contribution is 5.96. The minimum Gasteiger partial charge on any atom is -0.456 e. The van der Waals surface area contributed by atoms with Crippen molar-refractivity contribution in [2.75, 3.05) is 18.5 Å². The van der Waals surface area contributed by atoms with Gasteiger partial charge in [-0.3, -0.25) is 14.4 Å². The molecule has 0 saturated heterocycles. The Labute approximate surface area is 158 Å². The number of esters is 1. The molecule has 0 unspecified atom stereocenters. The minimum atomic E-state index is -0.546. The second-order valence-corrected chi connectivity index (χ2v) is 6.41. The third-order valence-electron chi connectivity index (χ3n) is 3.87. The zero-order valence-electron chi connectivity index (χ0n) is 15.8. The Balaban J connectivity index is 1.70. The molecule has 0 aromatic heterocycles. The second kappa shape index (κ2) is 9.52. The maximum absolute atomic E-state index is 12.0. The summed E-state index contributed by atoms with van der Waals surface area (Å²) < 4.78 is 4.95. The molecule has 6 heteroatoms. The van der Waals surface area contributed by atoms with Crippen LogP contribution in [0.1, 0.15) is 33.5 Å². The Morgan fingerprint density at radius 1 is 0.963 bits per heavy atom. The van der Waals surface area contributed by atoms with Gasteiger partial charge in [0.2, 0.25) is 0 Å². The van der Waals surface area contributed by atoms with Gasteiger partial charge in [0, 0.05) is 17.8 Å². The number of benzene rings is 2. The van der Waals surface area contributed by atoms with E-state index in [4.69, 9.17) is 4.74 Å². The summed E-state index contributed by atoms with van der Waals surface area (Å²) in [5, 5.41) is 5.37. The Morgan fingerprint density at radius 3 is 2.30 bits per heavy atom. The van der Waals surface area contributed by atoms with Crippen LogP contribution in [-0.2, 0) is 14.3 Å². The fourth-order valence-electron chi connectivity index (χ4n) is 2.66. The molecule has 2 amide bonds. The maximum Gasteiger partial charge on any atom is 0.308 e. The van der Waals surface area contributed by atoms with Gasteiger partial charge in [0.15, 0.2) is 6.61 Å². The van der Waals surface area contributed by atoms with E-state index in [1.54, 1.807) is 12.1 Å². The van der Waals surface area contributed by atoms with Crippen LogP contribution in [0.4, 0.5) is 5.69 Å². The van der Waals surface area contributed by atoms with E-state index in [-0.39, 0.29) is 25.5 Å². The van der Waals surface area contributed by atoms with Gasteiger partial charge in [0.1, 0.15) is 0 Å². The highest BCUT2D eigenvalue weighted by atomic mass is 16.5. The van der Waals surface area contributed by atoms with Crippen molar-refractivity contribution < 1.29 is 19.1 Å². The van der Waals surface area contributed by atoms with E-state index in [9.17, 15) is 14.4 Å². The molecule has 142 valence electrons. The molecule has 0 aliphatic carbocycles. The van der Waals surface area contributed by atoms with Gasteiger partial charge < -0.3 is 15.4 Å². The number of hydrogen-bond acceptors (Lipinski definition) is 4. The molecule has 0 bridgehead atoms. The van der Waals surface area contributed by atoms with Crippen LogP contribution < -0.4 is 10.6 Å². The van der Waals surface area contributed by atoms with E-state index >= 15 is 0 Å².